The highest BCUT2D eigenvalue weighted by Crippen LogP contribution is 2.52. The van der Waals surface area contributed by atoms with Crippen LogP contribution in [-0.4, -0.2) is 34.8 Å². The highest BCUT2D eigenvalue weighted by atomic mass is 19.4. The summed E-state index contributed by atoms with van der Waals surface area (Å²) in [5, 5.41) is 2.46. The second-order valence-corrected chi connectivity index (χ2v) is 6.43. The molecule has 1 spiro atoms. The molecule has 1 saturated carbocycles. The number of piperidine rings is 1. The predicted molar refractivity (Wildman–Crippen MR) is 78.2 cm³/mol. The van der Waals surface area contributed by atoms with Gasteiger partial charge < -0.3 is 14.8 Å². The van der Waals surface area contributed by atoms with Crippen LogP contribution in [0.2, 0.25) is 0 Å². The standard InChI is InChI=1S/C15H18F3N3O2/c16-15(17,18)10-20-7-1-3-11(12(20)22)19-13(23)21-8-2-4-14(9-21)5-6-14/h1,3,7H,2,4-6,8-10H2,(H,19,23). The third-order valence-corrected chi connectivity index (χ3v) is 4.52. The molecule has 0 aromatic carbocycles. The van der Waals surface area contributed by atoms with Crippen LogP contribution in [0.25, 0.3) is 0 Å². The second kappa shape index (κ2) is 5.58. The van der Waals surface area contributed by atoms with Crippen LogP contribution in [-0.2, 0) is 6.54 Å². The Balaban J connectivity index is 1.71. The lowest BCUT2D eigenvalue weighted by Crippen LogP contribution is -2.44. The van der Waals surface area contributed by atoms with Gasteiger partial charge in [-0.25, -0.2) is 4.79 Å². The number of hydrogen-bond acceptors (Lipinski definition) is 2. The number of likely N-dealkylation sites (tertiary alicyclic amines) is 1. The Bertz CT molecular complexity index is 665. The van der Waals surface area contributed by atoms with E-state index in [1.54, 1.807) is 4.90 Å². The van der Waals surface area contributed by atoms with Gasteiger partial charge in [-0.05, 0) is 43.2 Å². The molecule has 1 aromatic rings. The average Bonchev–Trinajstić information content (AvgIpc) is 3.20. The summed E-state index contributed by atoms with van der Waals surface area (Å²) in [4.78, 5) is 26.0. The minimum Gasteiger partial charge on any atom is -0.324 e. The molecule has 126 valence electrons. The van der Waals surface area contributed by atoms with E-state index < -0.39 is 24.3 Å². The van der Waals surface area contributed by atoms with E-state index in [0.29, 0.717) is 17.7 Å². The van der Waals surface area contributed by atoms with Gasteiger partial charge >= 0.3 is 12.2 Å². The fourth-order valence-corrected chi connectivity index (χ4v) is 3.11. The Morgan fingerprint density at radius 1 is 1.30 bits per heavy atom. The first-order chi connectivity index (χ1) is 10.8. The fraction of sp³-hybridized carbons (Fsp3) is 0.600. The molecule has 1 aromatic heterocycles. The number of urea groups is 1. The largest absolute Gasteiger partial charge is 0.406 e. The summed E-state index contributed by atoms with van der Waals surface area (Å²) < 4.78 is 37.9. The van der Waals surface area contributed by atoms with E-state index in [1.165, 1.54) is 12.1 Å². The molecule has 2 amide bonds. The van der Waals surface area contributed by atoms with Gasteiger partial charge in [0, 0.05) is 19.3 Å². The number of anilines is 1. The highest BCUT2D eigenvalue weighted by Gasteiger charge is 2.46. The third-order valence-electron chi connectivity index (χ3n) is 4.52. The van der Waals surface area contributed by atoms with Gasteiger partial charge in [-0.1, -0.05) is 0 Å². The van der Waals surface area contributed by atoms with Crippen molar-refractivity contribution >= 4 is 11.7 Å². The smallest absolute Gasteiger partial charge is 0.324 e. The van der Waals surface area contributed by atoms with Gasteiger partial charge in [-0.3, -0.25) is 4.79 Å². The van der Waals surface area contributed by atoms with E-state index in [-0.39, 0.29) is 11.1 Å². The average molecular weight is 329 g/mol. The van der Waals surface area contributed by atoms with Gasteiger partial charge in [0.15, 0.2) is 0 Å². The number of rotatable bonds is 2. The molecule has 8 heteroatoms. The zero-order valence-electron chi connectivity index (χ0n) is 12.5. The van der Waals surface area contributed by atoms with Gasteiger partial charge in [0.25, 0.3) is 5.56 Å². The monoisotopic (exact) mass is 329 g/mol. The summed E-state index contributed by atoms with van der Waals surface area (Å²) in [7, 11) is 0. The molecule has 1 aliphatic heterocycles. The van der Waals surface area contributed by atoms with Crippen molar-refractivity contribution in [1.29, 1.82) is 0 Å². The van der Waals surface area contributed by atoms with E-state index in [9.17, 15) is 22.8 Å². The summed E-state index contributed by atoms with van der Waals surface area (Å²) in [6, 6.07) is 2.23. The lowest BCUT2D eigenvalue weighted by Gasteiger charge is -2.32. The maximum absolute atomic E-state index is 12.4. The van der Waals surface area contributed by atoms with Gasteiger partial charge in [-0.15, -0.1) is 0 Å². The van der Waals surface area contributed by atoms with Crippen molar-refractivity contribution in [2.24, 2.45) is 5.41 Å². The molecule has 2 aliphatic rings. The summed E-state index contributed by atoms with van der Waals surface area (Å²) in [5.74, 6) is 0. The number of nitrogens with zero attached hydrogens (tertiary/aromatic N) is 2. The van der Waals surface area contributed by atoms with Crippen LogP contribution in [0.15, 0.2) is 23.1 Å². The van der Waals surface area contributed by atoms with Crippen LogP contribution >= 0.6 is 0 Å². The minimum atomic E-state index is -4.49. The van der Waals surface area contributed by atoms with E-state index in [0.717, 1.165) is 31.9 Å². The van der Waals surface area contributed by atoms with Crippen molar-refractivity contribution in [1.82, 2.24) is 9.47 Å². The minimum absolute atomic E-state index is 0.128. The molecule has 0 bridgehead atoms. The van der Waals surface area contributed by atoms with Crippen molar-refractivity contribution in [3.8, 4) is 0 Å². The van der Waals surface area contributed by atoms with Crippen molar-refractivity contribution in [2.75, 3.05) is 18.4 Å². The van der Waals surface area contributed by atoms with Crippen molar-refractivity contribution in [2.45, 2.75) is 38.4 Å². The summed E-state index contributed by atoms with van der Waals surface area (Å²) in [6.45, 7) is -0.109. The van der Waals surface area contributed by atoms with Gasteiger partial charge in [0.1, 0.15) is 12.2 Å². The van der Waals surface area contributed by atoms with Crippen LogP contribution < -0.4 is 10.9 Å². The number of pyridine rings is 1. The lowest BCUT2D eigenvalue weighted by molar-refractivity contribution is -0.141. The molecule has 0 atom stereocenters. The zero-order valence-corrected chi connectivity index (χ0v) is 12.5. The van der Waals surface area contributed by atoms with Crippen LogP contribution in [0.1, 0.15) is 25.7 Å². The zero-order chi connectivity index (χ0) is 16.7. The fourth-order valence-electron chi connectivity index (χ4n) is 3.11. The maximum Gasteiger partial charge on any atom is 0.406 e. The molecular formula is C15H18F3N3O2. The first-order valence-electron chi connectivity index (χ1n) is 7.60. The summed E-state index contributed by atoms with van der Waals surface area (Å²) >= 11 is 0. The number of amides is 2. The summed E-state index contributed by atoms with van der Waals surface area (Å²) in [5.41, 5.74) is -0.739. The Kier molecular flexibility index (Phi) is 3.85. The Morgan fingerprint density at radius 2 is 2.04 bits per heavy atom. The van der Waals surface area contributed by atoms with Crippen molar-refractivity contribution in [3.05, 3.63) is 28.7 Å². The number of nitrogens with one attached hydrogen (secondary N) is 1. The van der Waals surface area contributed by atoms with Gasteiger partial charge in [0.05, 0.1) is 0 Å². The van der Waals surface area contributed by atoms with Crippen LogP contribution in [0, 0.1) is 5.41 Å². The quantitative estimate of drug-likeness (QED) is 0.907. The molecule has 2 fully saturated rings. The van der Waals surface area contributed by atoms with Crippen LogP contribution in [0.4, 0.5) is 23.7 Å². The highest BCUT2D eigenvalue weighted by molar-refractivity contribution is 5.89. The molecule has 5 nitrogen and oxygen atoms in total. The van der Waals surface area contributed by atoms with E-state index in [1.807, 2.05) is 0 Å². The van der Waals surface area contributed by atoms with Gasteiger partial charge in [-0.2, -0.15) is 13.2 Å². The normalized spacial score (nSPS) is 19.7. The number of hydrogen-bond donors (Lipinski definition) is 1. The molecule has 0 unspecified atom stereocenters. The third kappa shape index (κ3) is 3.68. The number of aromatic nitrogens is 1. The van der Waals surface area contributed by atoms with E-state index in [2.05, 4.69) is 5.32 Å². The van der Waals surface area contributed by atoms with E-state index in [4.69, 9.17) is 0 Å². The SMILES string of the molecule is O=C(Nc1cccn(CC(F)(F)F)c1=O)N1CCCC2(CC2)C1. The van der Waals surface area contributed by atoms with Gasteiger partial charge in [0.2, 0.25) is 0 Å². The van der Waals surface area contributed by atoms with Crippen LogP contribution in [0.3, 0.4) is 0 Å². The first kappa shape index (κ1) is 15.9. The number of alkyl halides is 3. The molecule has 2 heterocycles. The number of carbonyl (C=O) groups excluding carboxylic acids is 1. The van der Waals surface area contributed by atoms with E-state index >= 15 is 0 Å². The number of carbonyl (C=O) groups is 1. The van der Waals surface area contributed by atoms with Crippen molar-refractivity contribution in [3.63, 3.8) is 0 Å². The maximum atomic E-state index is 12.4. The molecule has 1 aliphatic carbocycles. The molecule has 1 saturated heterocycles. The molecule has 0 radical (unpaired) electrons. The molecule has 23 heavy (non-hydrogen) atoms. The second-order valence-electron chi connectivity index (χ2n) is 6.43. The lowest BCUT2D eigenvalue weighted by atomic mass is 9.95. The first-order valence-corrected chi connectivity index (χ1v) is 7.60. The molecular weight excluding hydrogens is 311 g/mol. The Morgan fingerprint density at radius 3 is 2.70 bits per heavy atom. The van der Waals surface area contributed by atoms with Crippen molar-refractivity contribution < 1.29 is 18.0 Å². The Labute approximate surface area is 131 Å². The summed E-state index contributed by atoms with van der Waals surface area (Å²) in [6.07, 6.45) is 0.825. The predicted octanol–water partition coefficient (Wildman–Crippen LogP) is 2.82. The number of halogens is 3. The van der Waals surface area contributed by atoms with Crippen LogP contribution in [0.5, 0.6) is 0 Å². The topological polar surface area (TPSA) is 54.3 Å². The molecule has 1 N–H and O–H groups in total. The molecule has 3 rings (SSSR count). The Hall–Kier alpha value is -1.99.